The van der Waals surface area contributed by atoms with E-state index in [0.29, 0.717) is 0 Å². The Bertz CT molecular complexity index is 262. The molecule has 7 nitrogen and oxygen atoms in total. The predicted molar refractivity (Wildman–Crippen MR) is 54.3 cm³/mol. The van der Waals surface area contributed by atoms with E-state index in [4.69, 9.17) is 4.55 Å². The Hall–Kier alpha value is -0.250. The summed E-state index contributed by atoms with van der Waals surface area (Å²) in [5.41, 5.74) is 0. The molecule has 0 aromatic carbocycles. The van der Waals surface area contributed by atoms with Crippen LogP contribution in [0.3, 0.4) is 0 Å². The monoisotopic (exact) mass is 245 g/mol. The van der Waals surface area contributed by atoms with E-state index >= 15 is 0 Å². The van der Waals surface area contributed by atoms with E-state index in [1.807, 2.05) is 0 Å². The maximum Gasteiger partial charge on any atom is 0.278 e. The molecule has 3 unspecified atom stereocenters. The minimum atomic E-state index is -4.77. The fourth-order valence-electron chi connectivity index (χ4n) is 1.69. The highest BCUT2D eigenvalue weighted by Crippen LogP contribution is 2.29. The molecule has 0 spiro atoms. The molecule has 0 saturated carbocycles. The van der Waals surface area contributed by atoms with Crippen LogP contribution in [0, 0.1) is 0 Å². The maximum absolute atomic E-state index is 11.1. The summed E-state index contributed by atoms with van der Waals surface area (Å²) in [7, 11) is -4.77. The number of aliphatic hydroxyl groups is 3. The molecule has 0 fully saturated rings. The molecule has 94 valence electrons. The zero-order chi connectivity index (χ0) is 11.7. The van der Waals surface area contributed by atoms with Gasteiger partial charge in [-0.2, -0.15) is 8.42 Å². The van der Waals surface area contributed by atoms with Crippen molar-refractivity contribution in [2.24, 2.45) is 0 Å². The van der Waals surface area contributed by atoms with Crippen LogP contribution in [-0.4, -0.2) is 51.3 Å². The quantitative estimate of drug-likeness (QED) is 0.395. The number of aliphatic hydroxyl groups excluding tert-OH is 3. The van der Waals surface area contributed by atoms with E-state index in [0.717, 1.165) is 20.8 Å². The van der Waals surface area contributed by atoms with Crippen LogP contribution < -0.4 is 6.15 Å². The van der Waals surface area contributed by atoms with Crippen molar-refractivity contribution < 1.29 is 28.3 Å². The van der Waals surface area contributed by atoms with Gasteiger partial charge in [-0.05, 0) is 20.8 Å². The standard InChI is InChI=1S/C7H16O6S.H3N/c1-4(8)7(5(2)9,6(3)10)14(11,12)13;/h4-6,8-10H,1-3H3,(H,11,12,13);1H3. The Morgan fingerprint density at radius 2 is 1.13 bits per heavy atom. The summed E-state index contributed by atoms with van der Waals surface area (Å²) in [6, 6.07) is 0. The van der Waals surface area contributed by atoms with Crippen LogP contribution in [-0.2, 0) is 10.1 Å². The Kier molecular flexibility index (Phi) is 5.94. The molecule has 0 rings (SSSR count). The van der Waals surface area contributed by atoms with Crippen molar-refractivity contribution in [3.8, 4) is 0 Å². The Balaban J connectivity index is 0. The number of hydrogen-bond donors (Lipinski definition) is 5. The molecule has 0 aliphatic carbocycles. The second kappa shape index (κ2) is 5.19. The summed E-state index contributed by atoms with van der Waals surface area (Å²) in [5, 5.41) is 27.8. The van der Waals surface area contributed by atoms with E-state index in [1.165, 1.54) is 0 Å². The molecule has 15 heavy (non-hydrogen) atoms. The highest BCUT2D eigenvalue weighted by Gasteiger charge is 2.55. The average molecular weight is 245 g/mol. The van der Waals surface area contributed by atoms with Gasteiger partial charge in [0.05, 0.1) is 18.3 Å². The molecule has 0 amide bonds. The molecule has 7 N–H and O–H groups in total. The Morgan fingerprint density at radius 1 is 0.933 bits per heavy atom. The van der Waals surface area contributed by atoms with Crippen LogP contribution in [0.15, 0.2) is 0 Å². The largest absolute Gasteiger partial charge is 0.391 e. The molecule has 0 saturated heterocycles. The summed E-state index contributed by atoms with van der Waals surface area (Å²) in [5.74, 6) is 0. The van der Waals surface area contributed by atoms with Gasteiger partial charge in [-0.15, -0.1) is 0 Å². The van der Waals surface area contributed by atoms with Gasteiger partial charge in [0.15, 0.2) is 4.75 Å². The van der Waals surface area contributed by atoms with Crippen LogP contribution in [0.25, 0.3) is 0 Å². The van der Waals surface area contributed by atoms with Crippen molar-refractivity contribution in [3.63, 3.8) is 0 Å². The zero-order valence-corrected chi connectivity index (χ0v) is 9.77. The third kappa shape index (κ3) is 2.65. The first-order valence-electron chi connectivity index (χ1n) is 4.09. The van der Waals surface area contributed by atoms with Gasteiger partial charge in [-0.25, -0.2) is 0 Å². The third-order valence-electron chi connectivity index (χ3n) is 2.41. The van der Waals surface area contributed by atoms with E-state index in [-0.39, 0.29) is 6.15 Å². The zero-order valence-electron chi connectivity index (χ0n) is 8.95. The highest BCUT2D eigenvalue weighted by atomic mass is 32.2. The third-order valence-corrected chi connectivity index (χ3v) is 4.32. The van der Waals surface area contributed by atoms with Gasteiger partial charge in [0.25, 0.3) is 10.1 Å². The van der Waals surface area contributed by atoms with E-state index in [1.54, 1.807) is 0 Å². The molecular formula is C7H19NO6S. The molecule has 0 aliphatic heterocycles. The van der Waals surface area contributed by atoms with Gasteiger partial charge in [0, 0.05) is 0 Å². The highest BCUT2D eigenvalue weighted by molar-refractivity contribution is 7.87. The predicted octanol–water partition coefficient (Wildman–Crippen LogP) is -1.08. The Morgan fingerprint density at radius 3 is 1.13 bits per heavy atom. The topological polar surface area (TPSA) is 150 Å². The molecule has 0 radical (unpaired) electrons. The summed E-state index contributed by atoms with van der Waals surface area (Å²) in [6.45, 7) is 3.23. The van der Waals surface area contributed by atoms with Crippen LogP contribution in [0.2, 0.25) is 0 Å². The summed E-state index contributed by atoms with van der Waals surface area (Å²) in [4.78, 5) is 0. The summed E-state index contributed by atoms with van der Waals surface area (Å²) < 4.78 is 28.7. The minimum absolute atomic E-state index is 0. The van der Waals surface area contributed by atoms with Crippen molar-refractivity contribution in [1.29, 1.82) is 0 Å². The van der Waals surface area contributed by atoms with Gasteiger partial charge in [0.2, 0.25) is 0 Å². The van der Waals surface area contributed by atoms with Crippen LogP contribution >= 0.6 is 0 Å². The van der Waals surface area contributed by atoms with Crippen molar-refractivity contribution >= 4 is 10.1 Å². The fourth-order valence-corrected chi connectivity index (χ4v) is 2.99. The first-order valence-corrected chi connectivity index (χ1v) is 5.53. The van der Waals surface area contributed by atoms with E-state index < -0.39 is 33.2 Å². The molecule has 0 aliphatic rings. The molecule has 8 heteroatoms. The lowest BCUT2D eigenvalue weighted by Gasteiger charge is -2.38. The van der Waals surface area contributed by atoms with Gasteiger partial charge in [0.1, 0.15) is 0 Å². The molecule has 0 aromatic rings. The lowest BCUT2D eigenvalue weighted by atomic mass is 9.91. The first kappa shape index (κ1) is 17.2. The fraction of sp³-hybridized carbons (Fsp3) is 1.00. The van der Waals surface area contributed by atoms with E-state index in [2.05, 4.69) is 0 Å². The van der Waals surface area contributed by atoms with Crippen LogP contribution in [0.4, 0.5) is 0 Å². The Labute approximate surface area is 89.1 Å². The van der Waals surface area contributed by atoms with Gasteiger partial charge >= 0.3 is 0 Å². The van der Waals surface area contributed by atoms with Crippen molar-refractivity contribution in [2.45, 2.75) is 43.8 Å². The molecular weight excluding hydrogens is 226 g/mol. The van der Waals surface area contributed by atoms with Crippen molar-refractivity contribution in [1.82, 2.24) is 6.15 Å². The summed E-state index contributed by atoms with van der Waals surface area (Å²) >= 11 is 0. The van der Waals surface area contributed by atoms with E-state index in [9.17, 15) is 23.7 Å². The maximum atomic E-state index is 11.1. The second-order valence-electron chi connectivity index (χ2n) is 3.36. The average Bonchev–Trinajstić information content (AvgIpc) is 1.79. The SMILES string of the molecule is CC(O)C(C(C)O)(C(C)O)S(=O)(=O)O.N. The van der Waals surface area contributed by atoms with Crippen LogP contribution in [0.1, 0.15) is 20.8 Å². The lowest BCUT2D eigenvalue weighted by Crippen LogP contribution is -2.62. The normalized spacial score (nSPS) is 22.1. The van der Waals surface area contributed by atoms with Crippen molar-refractivity contribution in [2.75, 3.05) is 0 Å². The molecule has 0 heterocycles. The van der Waals surface area contributed by atoms with Gasteiger partial charge < -0.3 is 21.5 Å². The minimum Gasteiger partial charge on any atom is -0.391 e. The summed E-state index contributed by atoms with van der Waals surface area (Å²) in [6.07, 6.45) is -4.80. The number of hydrogen-bond acceptors (Lipinski definition) is 6. The number of rotatable bonds is 4. The smallest absolute Gasteiger partial charge is 0.278 e. The van der Waals surface area contributed by atoms with Gasteiger partial charge in [-0.1, -0.05) is 0 Å². The molecule has 0 aromatic heterocycles. The van der Waals surface area contributed by atoms with Crippen molar-refractivity contribution in [3.05, 3.63) is 0 Å². The molecule has 0 bridgehead atoms. The van der Waals surface area contributed by atoms with Crippen LogP contribution in [0.5, 0.6) is 0 Å². The van der Waals surface area contributed by atoms with Gasteiger partial charge in [-0.3, -0.25) is 4.55 Å². The lowest BCUT2D eigenvalue weighted by molar-refractivity contribution is -0.0203. The second-order valence-corrected chi connectivity index (χ2v) is 5.01. The first-order chi connectivity index (χ1) is 6.08. The molecule has 3 atom stereocenters.